The van der Waals surface area contributed by atoms with E-state index in [9.17, 15) is 0 Å². The number of fused-ring (bicyclic) bond motifs is 3. The van der Waals surface area contributed by atoms with Gasteiger partial charge >= 0.3 is 0 Å². The van der Waals surface area contributed by atoms with Crippen LogP contribution in [0.25, 0.3) is 32.2 Å². The average Bonchev–Trinajstić information content (AvgIpc) is 2.99. The quantitative estimate of drug-likeness (QED) is 0.361. The molecule has 0 aliphatic carbocycles. The second kappa shape index (κ2) is 5.77. The summed E-state index contributed by atoms with van der Waals surface area (Å²) in [6.45, 7) is 8.90. The van der Waals surface area contributed by atoms with Crippen molar-refractivity contribution in [2.24, 2.45) is 13.0 Å². The molecule has 4 heteroatoms. The summed E-state index contributed by atoms with van der Waals surface area (Å²) >= 11 is 1.78. The predicted octanol–water partition coefficient (Wildman–Crippen LogP) is 5.86. The molecule has 0 fully saturated rings. The maximum Gasteiger partial charge on any atom is 0.288 e. The van der Waals surface area contributed by atoms with Crippen LogP contribution in [0.2, 0.25) is 0 Å². The van der Waals surface area contributed by atoms with E-state index in [0.717, 1.165) is 22.8 Å². The minimum atomic E-state index is 0.580. The summed E-state index contributed by atoms with van der Waals surface area (Å²) < 4.78 is 8.81. The Balaban J connectivity index is 1.94. The molecule has 4 aromatic rings. The molecule has 0 amide bonds. The molecular weight excluding hydrogens is 352 g/mol. The first kappa shape index (κ1) is 16.7. The maximum absolute atomic E-state index is 6.65. The molecule has 2 aromatic carbocycles. The number of rotatable bonds is 2. The molecule has 0 unspecified atom stereocenters. The summed E-state index contributed by atoms with van der Waals surface area (Å²) in [6.07, 6.45) is 2.95. The van der Waals surface area contributed by atoms with Gasteiger partial charge in [-0.25, -0.2) is 4.57 Å². The summed E-state index contributed by atoms with van der Waals surface area (Å²) in [7, 11) is 2.09. The van der Waals surface area contributed by atoms with Crippen LogP contribution in [0.4, 0.5) is 0 Å². The smallest absolute Gasteiger partial charge is 0.288 e. The molecule has 5 rings (SSSR count). The van der Waals surface area contributed by atoms with Crippen molar-refractivity contribution in [1.29, 1.82) is 0 Å². The maximum atomic E-state index is 6.65. The third kappa shape index (κ3) is 2.26. The summed E-state index contributed by atoms with van der Waals surface area (Å²) in [5.74, 6) is 2.61. The Morgan fingerprint density at radius 2 is 1.78 bits per heavy atom. The highest BCUT2D eigenvalue weighted by atomic mass is 32.1. The topological polar surface area (TPSA) is 26.0 Å². The van der Waals surface area contributed by atoms with Gasteiger partial charge in [-0.1, -0.05) is 49.4 Å². The zero-order chi connectivity index (χ0) is 18.9. The first-order chi connectivity index (χ1) is 13.0. The van der Waals surface area contributed by atoms with Crippen LogP contribution in [-0.2, 0) is 13.5 Å². The van der Waals surface area contributed by atoms with Gasteiger partial charge in [-0.15, -0.1) is 0 Å². The van der Waals surface area contributed by atoms with Crippen molar-refractivity contribution >= 4 is 32.3 Å². The van der Waals surface area contributed by atoms with Gasteiger partial charge in [0.1, 0.15) is 11.1 Å². The van der Waals surface area contributed by atoms with Crippen LogP contribution in [0.1, 0.15) is 29.9 Å². The van der Waals surface area contributed by atoms with Crippen molar-refractivity contribution in [3.05, 3.63) is 46.6 Å². The zero-order valence-corrected chi connectivity index (χ0v) is 17.2. The van der Waals surface area contributed by atoms with E-state index in [1.807, 2.05) is 6.33 Å². The van der Waals surface area contributed by atoms with Crippen molar-refractivity contribution in [3.63, 3.8) is 0 Å². The lowest BCUT2D eigenvalue weighted by Gasteiger charge is -2.23. The van der Waals surface area contributed by atoms with Crippen LogP contribution in [0.15, 0.2) is 30.6 Å². The Morgan fingerprint density at radius 1 is 1.07 bits per heavy atom. The summed E-state index contributed by atoms with van der Waals surface area (Å²) in [5.41, 5.74) is 4.93. The second-order valence-corrected chi connectivity index (χ2v) is 9.02. The van der Waals surface area contributed by atoms with Crippen LogP contribution in [0.3, 0.4) is 0 Å². The number of aromatic nitrogens is 2. The Kier molecular flexibility index (Phi) is 3.57. The van der Waals surface area contributed by atoms with Gasteiger partial charge in [-0.3, -0.25) is 0 Å². The summed E-state index contributed by atoms with van der Waals surface area (Å²) in [6, 6.07) is 8.63. The van der Waals surface area contributed by atoms with Gasteiger partial charge < -0.3 is 4.74 Å². The van der Waals surface area contributed by atoms with Crippen LogP contribution in [0, 0.1) is 19.8 Å². The van der Waals surface area contributed by atoms with Crippen molar-refractivity contribution in [2.75, 3.05) is 0 Å². The average molecular weight is 376 g/mol. The largest absolute Gasteiger partial charge is 0.454 e. The number of aryl methyl sites for hydroxylation is 3. The Morgan fingerprint density at radius 3 is 2.48 bits per heavy atom. The third-order valence-electron chi connectivity index (χ3n) is 5.56. The molecule has 3 heterocycles. The molecule has 1 aliphatic rings. The van der Waals surface area contributed by atoms with Crippen LogP contribution >= 0.6 is 11.3 Å². The standard InChI is InChI=1S/C23H23N2OS/c1-12(2)10-17-22-19-20(25(5)11-24-23(19)27-17)18-13(3)15-8-6-7-9-16(15)14(4)21(18)26-22/h6-9,11-12H,10H2,1-5H3/q+1. The van der Waals surface area contributed by atoms with E-state index >= 15 is 0 Å². The van der Waals surface area contributed by atoms with Crippen molar-refractivity contribution < 1.29 is 9.30 Å². The van der Waals surface area contributed by atoms with Gasteiger partial charge in [0.25, 0.3) is 6.33 Å². The molecule has 0 N–H and O–H groups in total. The lowest BCUT2D eigenvalue weighted by atomic mass is 9.90. The van der Waals surface area contributed by atoms with E-state index in [4.69, 9.17) is 9.72 Å². The highest BCUT2D eigenvalue weighted by Crippen LogP contribution is 2.53. The normalized spacial score (nSPS) is 12.7. The third-order valence-corrected chi connectivity index (χ3v) is 6.67. The highest BCUT2D eigenvalue weighted by Gasteiger charge is 2.34. The molecule has 2 aromatic heterocycles. The number of nitrogens with zero attached hydrogens (tertiary/aromatic N) is 2. The molecule has 1 aliphatic heterocycles. The number of thiophene rings is 1. The van der Waals surface area contributed by atoms with Gasteiger partial charge in [-0.2, -0.15) is 0 Å². The van der Waals surface area contributed by atoms with Gasteiger partial charge in [0.2, 0.25) is 4.83 Å². The van der Waals surface area contributed by atoms with Crippen LogP contribution < -0.4 is 9.30 Å². The van der Waals surface area contributed by atoms with Gasteiger partial charge in [0, 0.05) is 5.56 Å². The summed E-state index contributed by atoms with van der Waals surface area (Å²) in [5, 5.41) is 3.74. The van der Waals surface area contributed by atoms with Crippen LogP contribution in [-0.4, -0.2) is 4.98 Å². The number of benzene rings is 2. The van der Waals surface area contributed by atoms with E-state index in [1.54, 1.807) is 11.3 Å². The number of hydrogen-bond acceptors (Lipinski definition) is 3. The number of ether oxygens (including phenoxy) is 1. The van der Waals surface area contributed by atoms with Gasteiger partial charge in [0.05, 0.1) is 17.5 Å². The Labute approximate surface area is 163 Å². The van der Waals surface area contributed by atoms with E-state index in [2.05, 4.69) is 63.6 Å². The van der Waals surface area contributed by atoms with Crippen molar-refractivity contribution in [2.45, 2.75) is 34.1 Å². The molecule has 0 saturated carbocycles. The molecular formula is C23H23N2OS+. The van der Waals surface area contributed by atoms with Gasteiger partial charge in [-0.05, 0) is 47.5 Å². The van der Waals surface area contributed by atoms with Gasteiger partial charge in [0.15, 0.2) is 11.4 Å². The lowest BCUT2D eigenvalue weighted by Crippen LogP contribution is -2.32. The molecule has 27 heavy (non-hydrogen) atoms. The number of hydrogen-bond donors (Lipinski definition) is 0. The summed E-state index contributed by atoms with van der Waals surface area (Å²) in [4.78, 5) is 7.08. The highest BCUT2D eigenvalue weighted by molar-refractivity contribution is 7.19. The molecule has 3 nitrogen and oxygen atoms in total. The monoisotopic (exact) mass is 375 g/mol. The molecule has 0 spiro atoms. The second-order valence-electron chi connectivity index (χ2n) is 7.94. The fourth-order valence-electron chi connectivity index (χ4n) is 4.30. The fraction of sp³-hybridized carbons (Fsp3) is 0.304. The van der Waals surface area contributed by atoms with Crippen LogP contribution in [0.5, 0.6) is 11.5 Å². The SMILES string of the molecule is Cc1c2c(c(C)c3ccccc13)-c1c3c(c(CC(C)C)sc3nc[n+]1C)O2. The first-order valence-corrected chi connectivity index (χ1v) is 10.3. The van der Waals surface area contributed by atoms with E-state index in [0.29, 0.717) is 5.92 Å². The molecule has 0 bridgehead atoms. The minimum absolute atomic E-state index is 0.580. The molecule has 136 valence electrons. The van der Waals surface area contributed by atoms with Crippen molar-refractivity contribution in [3.8, 4) is 22.8 Å². The minimum Gasteiger partial charge on any atom is -0.454 e. The predicted molar refractivity (Wildman–Crippen MR) is 112 cm³/mol. The first-order valence-electron chi connectivity index (χ1n) is 9.47. The molecule has 0 atom stereocenters. The molecule has 0 radical (unpaired) electrons. The van der Waals surface area contributed by atoms with Crippen molar-refractivity contribution in [1.82, 2.24) is 4.98 Å². The van der Waals surface area contributed by atoms with E-state index in [-0.39, 0.29) is 0 Å². The zero-order valence-electron chi connectivity index (χ0n) is 16.4. The fourth-order valence-corrected chi connectivity index (χ4v) is 5.58. The lowest BCUT2D eigenvalue weighted by molar-refractivity contribution is -0.662. The van der Waals surface area contributed by atoms with E-state index < -0.39 is 0 Å². The van der Waals surface area contributed by atoms with E-state index in [1.165, 1.54) is 43.4 Å². The Hall–Kier alpha value is -2.46. The Bertz CT molecular complexity index is 1240. The molecule has 0 saturated heterocycles.